The minimum Gasteiger partial charge on any atom is -0.353 e. The molecule has 0 spiro atoms. The van der Waals surface area contributed by atoms with Crippen LogP contribution in [0.3, 0.4) is 0 Å². The summed E-state index contributed by atoms with van der Waals surface area (Å²) in [5.74, 6) is 0.324. The molecule has 2 N–H and O–H groups in total. The second-order valence-corrected chi connectivity index (χ2v) is 7.32. The molecule has 0 aliphatic heterocycles. The lowest BCUT2D eigenvalue weighted by Gasteiger charge is -2.28. The second kappa shape index (κ2) is 9.02. The molecule has 1 atom stereocenters. The van der Waals surface area contributed by atoms with Crippen molar-refractivity contribution in [2.24, 2.45) is 11.8 Å². The Morgan fingerprint density at radius 3 is 2.24 bits per heavy atom. The van der Waals surface area contributed by atoms with Crippen molar-refractivity contribution in [3.8, 4) is 0 Å². The molecule has 1 aromatic rings. The zero-order chi connectivity index (χ0) is 18.4. The van der Waals surface area contributed by atoms with Gasteiger partial charge in [-0.25, -0.2) is 0 Å². The quantitative estimate of drug-likeness (QED) is 0.812. The fourth-order valence-corrected chi connectivity index (χ4v) is 3.51. The highest BCUT2D eigenvalue weighted by Crippen LogP contribution is 2.31. The van der Waals surface area contributed by atoms with Gasteiger partial charge in [0.1, 0.15) is 0 Å². The molecule has 0 heterocycles. The summed E-state index contributed by atoms with van der Waals surface area (Å²) in [5.41, 5.74) is 3.25. The summed E-state index contributed by atoms with van der Waals surface area (Å²) < 4.78 is 0. The summed E-state index contributed by atoms with van der Waals surface area (Å²) in [7, 11) is 0. The van der Waals surface area contributed by atoms with Gasteiger partial charge in [0.15, 0.2) is 0 Å². The number of hydrogen-bond acceptors (Lipinski definition) is 2. The molecule has 1 aromatic carbocycles. The molecule has 0 saturated heterocycles. The smallest absolute Gasteiger partial charge is 0.227 e. The van der Waals surface area contributed by atoms with Crippen LogP contribution in [-0.2, 0) is 16.0 Å². The molecule has 2 rings (SSSR count). The number of amides is 2. The molecule has 1 saturated carbocycles. The Balaban J connectivity index is 1.91. The number of aryl methyl sites for hydroxylation is 2. The molecular formula is C21H32N2O2. The molecule has 138 valence electrons. The topological polar surface area (TPSA) is 58.2 Å². The van der Waals surface area contributed by atoms with Crippen LogP contribution < -0.4 is 10.6 Å². The van der Waals surface area contributed by atoms with Crippen molar-refractivity contribution < 1.29 is 9.59 Å². The summed E-state index contributed by atoms with van der Waals surface area (Å²) in [6.45, 7) is 8.24. The van der Waals surface area contributed by atoms with Gasteiger partial charge in [-0.3, -0.25) is 9.59 Å². The van der Waals surface area contributed by atoms with Crippen LogP contribution in [0, 0.1) is 18.8 Å². The second-order valence-electron chi connectivity index (χ2n) is 7.32. The van der Waals surface area contributed by atoms with E-state index < -0.39 is 0 Å². The van der Waals surface area contributed by atoms with Gasteiger partial charge in [0, 0.05) is 23.6 Å². The first-order valence-corrected chi connectivity index (χ1v) is 9.65. The monoisotopic (exact) mass is 344 g/mol. The lowest BCUT2D eigenvalue weighted by molar-refractivity contribution is -0.129. The van der Waals surface area contributed by atoms with Gasteiger partial charge in [0.25, 0.3) is 0 Å². The van der Waals surface area contributed by atoms with E-state index in [0.717, 1.165) is 49.8 Å². The largest absolute Gasteiger partial charge is 0.353 e. The average molecular weight is 344 g/mol. The molecule has 1 fully saturated rings. The van der Waals surface area contributed by atoms with Crippen molar-refractivity contribution in [3.05, 3.63) is 29.3 Å². The van der Waals surface area contributed by atoms with Gasteiger partial charge < -0.3 is 10.6 Å². The van der Waals surface area contributed by atoms with Gasteiger partial charge >= 0.3 is 0 Å². The third-order valence-corrected chi connectivity index (χ3v) is 5.46. The van der Waals surface area contributed by atoms with E-state index >= 15 is 0 Å². The van der Waals surface area contributed by atoms with E-state index in [1.54, 1.807) is 0 Å². The van der Waals surface area contributed by atoms with Gasteiger partial charge in [-0.05, 0) is 63.5 Å². The highest BCUT2D eigenvalue weighted by atomic mass is 16.2. The molecule has 1 unspecified atom stereocenters. The first-order chi connectivity index (χ1) is 12.0. The number of hydrogen-bond donors (Lipinski definition) is 2. The molecular weight excluding hydrogens is 312 g/mol. The number of carbonyl (C=O) groups excluding carboxylic acids is 2. The standard InChI is InChI=1S/C21H32N2O2/c1-5-15(4)22-20(24)17-10-12-18(13-11-17)21(25)23-19-14(3)8-7-9-16(19)6-2/h7-9,15,17-18H,5-6,10-13H2,1-4H3,(H,22,24)(H,23,25). The number of benzene rings is 1. The Bertz CT molecular complexity index is 604. The Morgan fingerprint density at radius 1 is 1.08 bits per heavy atom. The number of anilines is 1. The van der Waals surface area contributed by atoms with Gasteiger partial charge in [-0.1, -0.05) is 32.0 Å². The van der Waals surface area contributed by atoms with Crippen molar-refractivity contribution in [1.82, 2.24) is 5.32 Å². The molecule has 0 radical (unpaired) electrons. The number of carbonyl (C=O) groups is 2. The van der Waals surface area contributed by atoms with E-state index in [2.05, 4.69) is 30.5 Å². The Morgan fingerprint density at radius 2 is 1.68 bits per heavy atom. The highest BCUT2D eigenvalue weighted by molar-refractivity contribution is 5.94. The summed E-state index contributed by atoms with van der Waals surface area (Å²) >= 11 is 0. The van der Waals surface area contributed by atoms with Gasteiger partial charge in [0.2, 0.25) is 11.8 Å². The van der Waals surface area contributed by atoms with Crippen LogP contribution in [-0.4, -0.2) is 17.9 Å². The Labute approximate surface area is 151 Å². The fraction of sp³-hybridized carbons (Fsp3) is 0.619. The Kier molecular flexibility index (Phi) is 7.03. The molecule has 1 aliphatic rings. The van der Waals surface area contributed by atoms with Crippen molar-refractivity contribution >= 4 is 17.5 Å². The van der Waals surface area contributed by atoms with E-state index in [4.69, 9.17) is 0 Å². The van der Waals surface area contributed by atoms with Crippen LogP contribution in [0.15, 0.2) is 18.2 Å². The molecule has 0 aromatic heterocycles. The summed E-state index contributed by atoms with van der Waals surface area (Å²) in [4.78, 5) is 24.9. The maximum atomic E-state index is 12.7. The van der Waals surface area contributed by atoms with E-state index in [1.165, 1.54) is 5.56 Å². The average Bonchev–Trinajstić information content (AvgIpc) is 2.63. The molecule has 1 aliphatic carbocycles. The minimum absolute atomic E-state index is 0.0111. The van der Waals surface area contributed by atoms with Crippen LogP contribution in [0.25, 0.3) is 0 Å². The minimum atomic E-state index is 0.0111. The van der Waals surface area contributed by atoms with Crippen molar-refractivity contribution in [2.45, 2.75) is 72.3 Å². The molecule has 4 heteroatoms. The zero-order valence-corrected chi connectivity index (χ0v) is 16.0. The fourth-order valence-electron chi connectivity index (χ4n) is 3.51. The van der Waals surface area contributed by atoms with E-state index in [1.807, 2.05) is 26.0 Å². The lowest BCUT2D eigenvalue weighted by atomic mass is 9.81. The SMILES string of the molecule is CCc1cccc(C)c1NC(=O)C1CCC(C(=O)NC(C)CC)CC1. The Hall–Kier alpha value is -1.84. The van der Waals surface area contributed by atoms with Crippen LogP contribution in [0.1, 0.15) is 64.0 Å². The normalized spacial score (nSPS) is 21.4. The first-order valence-electron chi connectivity index (χ1n) is 9.65. The van der Waals surface area contributed by atoms with Crippen LogP contribution in [0.2, 0.25) is 0 Å². The highest BCUT2D eigenvalue weighted by Gasteiger charge is 2.30. The van der Waals surface area contributed by atoms with Crippen molar-refractivity contribution in [2.75, 3.05) is 5.32 Å². The van der Waals surface area contributed by atoms with Crippen molar-refractivity contribution in [1.29, 1.82) is 0 Å². The van der Waals surface area contributed by atoms with Gasteiger partial charge in [0.05, 0.1) is 0 Å². The van der Waals surface area contributed by atoms with E-state index in [-0.39, 0.29) is 29.7 Å². The number of para-hydroxylation sites is 1. The van der Waals surface area contributed by atoms with Gasteiger partial charge in [-0.15, -0.1) is 0 Å². The van der Waals surface area contributed by atoms with E-state index in [9.17, 15) is 9.59 Å². The maximum Gasteiger partial charge on any atom is 0.227 e. The van der Waals surface area contributed by atoms with Crippen LogP contribution >= 0.6 is 0 Å². The molecule has 2 amide bonds. The molecule has 0 bridgehead atoms. The van der Waals surface area contributed by atoms with Crippen LogP contribution in [0.4, 0.5) is 5.69 Å². The zero-order valence-electron chi connectivity index (χ0n) is 16.0. The van der Waals surface area contributed by atoms with Crippen LogP contribution in [0.5, 0.6) is 0 Å². The summed E-state index contributed by atoms with van der Waals surface area (Å²) in [6, 6.07) is 6.36. The van der Waals surface area contributed by atoms with Crippen molar-refractivity contribution in [3.63, 3.8) is 0 Å². The van der Waals surface area contributed by atoms with Gasteiger partial charge in [-0.2, -0.15) is 0 Å². The molecule has 4 nitrogen and oxygen atoms in total. The maximum absolute atomic E-state index is 12.7. The predicted octanol–water partition coefficient (Wildman–Crippen LogP) is 4.22. The summed E-state index contributed by atoms with van der Waals surface area (Å²) in [5, 5.41) is 6.21. The number of rotatable bonds is 6. The third-order valence-electron chi connectivity index (χ3n) is 5.46. The summed E-state index contributed by atoms with van der Waals surface area (Å²) in [6.07, 6.45) is 5.03. The molecule has 25 heavy (non-hydrogen) atoms. The predicted molar refractivity (Wildman–Crippen MR) is 103 cm³/mol. The van der Waals surface area contributed by atoms with E-state index in [0.29, 0.717) is 0 Å². The number of nitrogens with one attached hydrogen (secondary N) is 2. The first kappa shape index (κ1) is 19.5. The third kappa shape index (κ3) is 5.07. The lowest BCUT2D eigenvalue weighted by Crippen LogP contribution is -2.39.